The molecule has 0 unspecified atom stereocenters. The van der Waals surface area contributed by atoms with Gasteiger partial charge in [0.15, 0.2) is 0 Å². The van der Waals surface area contributed by atoms with E-state index in [4.69, 9.17) is 0 Å². The molecule has 0 atom stereocenters. The summed E-state index contributed by atoms with van der Waals surface area (Å²) in [5, 5.41) is 15.9. The number of rotatable bonds is 1. The van der Waals surface area contributed by atoms with E-state index in [1.165, 1.54) is 7.11 Å². The number of aromatic nitrogens is 2. The number of hydrogen-bond acceptors (Lipinski definition) is 4. The van der Waals surface area contributed by atoms with Crippen LogP contribution in [0.3, 0.4) is 0 Å². The van der Waals surface area contributed by atoms with Gasteiger partial charge in [-0.05, 0) is 28.4 Å². The predicted molar refractivity (Wildman–Crippen MR) is 53.5 cm³/mol. The molecule has 0 bridgehead atoms. The minimum Gasteiger partial charge on any atom is -0.871 e. The minimum atomic E-state index is -0.552. The molecular weight excluding hydrogens is 303 g/mol. The van der Waals surface area contributed by atoms with Crippen molar-refractivity contribution in [2.24, 2.45) is 0 Å². The van der Waals surface area contributed by atoms with Crippen molar-refractivity contribution in [3.63, 3.8) is 0 Å². The van der Waals surface area contributed by atoms with Gasteiger partial charge >= 0.3 is 57.4 Å². The molecule has 7 heteroatoms. The summed E-state index contributed by atoms with van der Waals surface area (Å²) < 4.78 is 6.72. The van der Waals surface area contributed by atoms with Crippen LogP contribution in [0.2, 0.25) is 0 Å². The Bertz CT molecular complexity index is 456. The molecule has 2 heterocycles. The van der Waals surface area contributed by atoms with Crippen LogP contribution in [0.15, 0.2) is 16.2 Å². The van der Waals surface area contributed by atoms with E-state index >= 15 is 0 Å². The Kier molecular flexibility index (Phi) is 5.21. The zero-order valence-electron chi connectivity index (χ0n) is 8.99. The number of methoxy groups -OCH3 is 1. The Morgan fingerprint density at radius 2 is 2.38 bits per heavy atom. The molecule has 5 nitrogen and oxygen atoms in total. The average Bonchev–Trinajstić information content (AvgIpc) is 2.59. The van der Waals surface area contributed by atoms with Crippen LogP contribution in [-0.4, -0.2) is 22.9 Å². The average molecular weight is 311 g/mol. The van der Waals surface area contributed by atoms with Crippen molar-refractivity contribution in [3.8, 4) is 0 Å². The molecule has 1 aliphatic rings. The topological polar surface area (TPSA) is 67.2 Å². The first kappa shape index (κ1) is 14.4. The van der Waals surface area contributed by atoms with Crippen LogP contribution >= 0.6 is 15.9 Å². The van der Waals surface area contributed by atoms with Gasteiger partial charge in [-0.3, -0.25) is 4.68 Å². The van der Waals surface area contributed by atoms with Gasteiger partial charge in [-0.2, -0.15) is 5.10 Å². The van der Waals surface area contributed by atoms with E-state index in [9.17, 15) is 9.90 Å². The van der Waals surface area contributed by atoms with Crippen molar-refractivity contribution >= 4 is 27.7 Å². The number of carbonyl (C=O) groups excluding carboxylic acids is 1. The predicted octanol–water partition coefficient (Wildman–Crippen LogP) is -2.70. The Morgan fingerprint density at radius 3 is 3.00 bits per heavy atom. The van der Waals surface area contributed by atoms with Gasteiger partial charge in [0.05, 0.1) is 12.8 Å². The molecule has 16 heavy (non-hydrogen) atoms. The molecule has 0 fully saturated rings. The van der Waals surface area contributed by atoms with Crippen molar-refractivity contribution in [3.05, 3.63) is 21.9 Å². The van der Waals surface area contributed by atoms with Crippen LogP contribution in [0.4, 0.5) is 0 Å². The number of fused-ring (bicyclic) bond motifs is 1. The maximum Gasteiger partial charge on any atom is 1.00 e. The van der Waals surface area contributed by atoms with Crippen LogP contribution in [0.1, 0.15) is 12.1 Å². The van der Waals surface area contributed by atoms with Crippen LogP contribution in [0.25, 0.3) is 5.76 Å². The van der Waals surface area contributed by atoms with E-state index in [1.54, 1.807) is 10.7 Å². The smallest absolute Gasteiger partial charge is 0.871 e. The number of aryl methyl sites for hydroxylation is 1. The fourth-order valence-electron chi connectivity index (χ4n) is 1.54. The summed E-state index contributed by atoms with van der Waals surface area (Å²) in [7, 11) is 1.27. The van der Waals surface area contributed by atoms with Crippen molar-refractivity contribution in [2.45, 2.75) is 13.0 Å². The van der Waals surface area contributed by atoms with E-state index in [0.717, 1.165) is 0 Å². The SMILES string of the molecule is COC(=O)C1=C([O-])c2cc(Br)nn2CC1.[K+]. The van der Waals surface area contributed by atoms with Crippen molar-refractivity contribution in [1.82, 2.24) is 9.78 Å². The molecule has 0 aromatic carbocycles. The Hall–Kier alpha value is 0.336. The van der Waals surface area contributed by atoms with Gasteiger partial charge in [0.2, 0.25) is 0 Å². The quantitative estimate of drug-likeness (QED) is 0.418. The third-order valence-electron chi connectivity index (χ3n) is 2.26. The van der Waals surface area contributed by atoms with E-state index in [2.05, 4.69) is 25.8 Å². The maximum absolute atomic E-state index is 11.8. The molecule has 0 N–H and O–H groups in total. The Labute approximate surface area is 143 Å². The zero-order chi connectivity index (χ0) is 11.0. The third kappa shape index (κ3) is 2.60. The number of esters is 1. The van der Waals surface area contributed by atoms with Gasteiger partial charge in [-0.1, -0.05) is 5.76 Å². The van der Waals surface area contributed by atoms with Crippen LogP contribution in [0.5, 0.6) is 0 Å². The standard InChI is InChI=1S/C9H9BrN2O3.K/c1-15-9(14)5-2-3-12-6(8(5)13)4-7(10)11-12;/h4,13H,2-3H2,1H3;/q;+1/p-1. The van der Waals surface area contributed by atoms with Gasteiger partial charge in [0.25, 0.3) is 0 Å². The van der Waals surface area contributed by atoms with E-state index in [1.807, 2.05) is 0 Å². The van der Waals surface area contributed by atoms with Crippen molar-refractivity contribution in [1.29, 1.82) is 0 Å². The normalized spacial score (nSPS) is 14.1. The van der Waals surface area contributed by atoms with Gasteiger partial charge in [-0.25, -0.2) is 4.79 Å². The van der Waals surface area contributed by atoms with Crippen molar-refractivity contribution < 1.29 is 66.0 Å². The molecule has 1 aromatic heterocycles. The Morgan fingerprint density at radius 1 is 1.69 bits per heavy atom. The molecule has 0 saturated heterocycles. The molecule has 0 spiro atoms. The van der Waals surface area contributed by atoms with Gasteiger partial charge in [0, 0.05) is 12.1 Å². The summed E-state index contributed by atoms with van der Waals surface area (Å²) in [5.41, 5.74) is 0.617. The van der Waals surface area contributed by atoms with Gasteiger partial charge < -0.3 is 9.84 Å². The maximum atomic E-state index is 11.8. The molecule has 0 amide bonds. The van der Waals surface area contributed by atoms with Crippen molar-refractivity contribution in [2.75, 3.05) is 7.11 Å². The van der Waals surface area contributed by atoms with E-state index in [0.29, 0.717) is 23.3 Å². The number of hydrogen-bond donors (Lipinski definition) is 0. The molecule has 0 saturated carbocycles. The molecule has 0 aliphatic carbocycles. The third-order valence-corrected chi connectivity index (χ3v) is 2.65. The zero-order valence-corrected chi connectivity index (χ0v) is 13.7. The van der Waals surface area contributed by atoms with Crippen LogP contribution in [0, 0.1) is 0 Å². The second-order valence-corrected chi connectivity index (χ2v) is 3.94. The minimum absolute atomic E-state index is 0. The summed E-state index contributed by atoms with van der Waals surface area (Å²) >= 11 is 3.18. The largest absolute Gasteiger partial charge is 1.00 e. The molecule has 1 aromatic rings. The van der Waals surface area contributed by atoms with Crippen LogP contribution in [-0.2, 0) is 16.1 Å². The summed E-state index contributed by atoms with van der Waals surface area (Å²) in [6, 6.07) is 1.60. The summed E-state index contributed by atoms with van der Waals surface area (Å²) in [5.74, 6) is -0.852. The first-order valence-electron chi connectivity index (χ1n) is 4.35. The number of halogens is 1. The Balaban J connectivity index is 0.00000128. The van der Waals surface area contributed by atoms with Gasteiger partial charge in [0.1, 0.15) is 4.60 Å². The molecule has 2 rings (SSSR count). The first-order valence-corrected chi connectivity index (χ1v) is 5.15. The summed E-state index contributed by atoms with van der Waals surface area (Å²) in [6.45, 7) is 0.525. The second-order valence-electron chi connectivity index (χ2n) is 3.12. The summed E-state index contributed by atoms with van der Waals surface area (Å²) in [6.07, 6.45) is 0.368. The number of carbonyl (C=O) groups is 1. The van der Waals surface area contributed by atoms with Gasteiger partial charge in [-0.15, -0.1) is 0 Å². The first-order chi connectivity index (χ1) is 7.13. The molecular formula is C9H8BrKN2O3. The summed E-state index contributed by atoms with van der Waals surface area (Å²) in [4.78, 5) is 11.3. The van der Waals surface area contributed by atoms with E-state index < -0.39 is 5.97 Å². The fraction of sp³-hybridized carbons (Fsp3) is 0.333. The monoisotopic (exact) mass is 310 g/mol. The molecule has 1 aliphatic heterocycles. The number of nitrogens with zero attached hydrogens (tertiary/aromatic N) is 2. The van der Waals surface area contributed by atoms with E-state index in [-0.39, 0.29) is 62.7 Å². The molecule has 80 valence electrons. The second kappa shape index (κ2) is 5.79. The molecule has 0 radical (unpaired) electrons. The fourth-order valence-corrected chi connectivity index (χ4v) is 1.95. The van der Waals surface area contributed by atoms with Crippen LogP contribution < -0.4 is 56.5 Å². The number of ether oxygens (including phenoxy) is 1.